The lowest BCUT2D eigenvalue weighted by molar-refractivity contribution is -0.636. The molecule has 6 heavy (non-hydrogen) atoms. The Morgan fingerprint density at radius 2 is 2.50 bits per heavy atom. The van der Waals surface area contributed by atoms with Crippen LogP contribution >= 0.6 is 0 Å². The molecule has 0 saturated carbocycles. The van der Waals surface area contributed by atoms with Gasteiger partial charge in [0, 0.05) is 6.42 Å². The first-order valence-corrected chi connectivity index (χ1v) is 2.47. The van der Waals surface area contributed by atoms with Crippen molar-refractivity contribution in [3.63, 3.8) is 0 Å². The molecule has 0 aliphatic carbocycles. The Morgan fingerprint density at radius 3 is 2.67 bits per heavy atom. The van der Waals surface area contributed by atoms with Crippen molar-refractivity contribution < 1.29 is 5.32 Å². The second-order valence-electron chi connectivity index (χ2n) is 1.86. The molecule has 36 valence electrons. The van der Waals surface area contributed by atoms with Gasteiger partial charge in [-0.1, -0.05) is 0 Å². The summed E-state index contributed by atoms with van der Waals surface area (Å²) in [7, 11) is 0. The first-order valence-electron chi connectivity index (χ1n) is 2.47. The van der Waals surface area contributed by atoms with E-state index in [1.54, 1.807) is 0 Å². The molecule has 1 aliphatic rings. The molecular formula is C4H11N2+. The van der Waals surface area contributed by atoms with Crippen molar-refractivity contribution >= 4 is 0 Å². The normalized spacial score (nSPS) is 34.5. The van der Waals surface area contributed by atoms with Crippen molar-refractivity contribution in [2.24, 2.45) is 5.73 Å². The summed E-state index contributed by atoms with van der Waals surface area (Å²) in [6, 6.07) is 0.491. The number of rotatable bonds is 0. The van der Waals surface area contributed by atoms with Crippen LogP contribution in [0.4, 0.5) is 0 Å². The summed E-state index contributed by atoms with van der Waals surface area (Å²) < 4.78 is 0. The molecule has 1 aliphatic heterocycles. The van der Waals surface area contributed by atoms with Crippen LogP contribution in [0.3, 0.4) is 0 Å². The molecule has 0 radical (unpaired) electrons. The van der Waals surface area contributed by atoms with E-state index in [0.717, 1.165) is 6.54 Å². The molecule has 2 heteroatoms. The summed E-state index contributed by atoms with van der Waals surface area (Å²) in [6.45, 7) is 2.38. The van der Waals surface area contributed by atoms with Crippen LogP contribution in [-0.4, -0.2) is 19.1 Å². The minimum Gasteiger partial charge on any atom is -0.345 e. The zero-order valence-corrected chi connectivity index (χ0v) is 3.85. The summed E-state index contributed by atoms with van der Waals surface area (Å²) in [5.41, 5.74) is 5.50. The lowest BCUT2D eigenvalue weighted by Crippen LogP contribution is -2.81. The molecule has 4 N–H and O–H groups in total. The van der Waals surface area contributed by atoms with Crippen molar-refractivity contribution in [1.29, 1.82) is 0 Å². The van der Waals surface area contributed by atoms with Gasteiger partial charge in [0.2, 0.25) is 0 Å². The van der Waals surface area contributed by atoms with Crippen LogP contribution in [0, 0.1) is 0 Å². The predicted octanol–water partition coefficient (Wildman–Crippen LogP) is -1.72. The minimum absolute atomic E-state index is 0.491. The van der Waals surface area contributed by atoms with E-state index in [-0.39, 0.29) is 0 Å². The highest BCUT2D eigenvalue weighted by molar-refractivity contribution is 4.59. The Labute approximate surface area is 37.7 Å². The smallest absolute Gasteiger partial charge is 0.0911 e. The molecular weight excluding hydrogens is 76.1 g/mol. The van der Waals surface area contributed by atoms with Crippen LogP contribution in [0.1, 0.15) is 6.42 Å². The highest BCUT2D eigenvalue weighted by Gasteiger charge is 2.10. The molecule has 0 spiro atoms. The Morgan fingerprint density at radius 1 is 1.67 bits per heavy atom. The maximum absolute atomic E-state index is 5.50. The third-order valence-corrected chi connectivity index (χ3v) is 1.21. The van der Waals surface area contributed by atoms with E-state index in [9.17, 15) is 0 Å². The van der Waals surface area contributed by atoms with Crippen LogP contribution in [0.25, 0.3) is 0 Å². The van der Waals surface area contributed by atoms with Crippen LogP contribution < -0.4 is 11.1 Å². The van der Waals surface area contributed by atoms with Gasteiger partial charge in [-0.3, -0.25) is 0 Å². The molecule has 0 aromatic heterocycles. The lowest BCUT2D eigenvalue weighted by Gasteiger charge is -1.88. The topological polar surface area (TPSA) is 42.6 Å². The zero-order valence-electron chi connectivity index (χ0n) is 3.85. The standard InChI is InChI=1S/C4H10N2/c5-4-1-2-6-3-4/h4,6H,1-3,5H2/p+1/t4-/m1/s1. The van der Waals surface area contributed by atoms with Gasteiger partial charge in [-0.25, -0.2) is 0 Å². The van der Waals surface area contributed by atoms with E-state index < -0.39 is 0 Å². The molecule has 0 aromatic rings. The van der Waals surface area contributed by atoms with Crippen LogP contribution in [0.2, 0.25) is 0 Å². The third kappa shape index (κ3) is 0.698. The number of hydrogen-bond donors (Lipinski definition) is 2. The van der Waals surface area contributed by atoms with Crippen LogP contribution in [0.15, 0.2) is 0 Å². The molecule has 1 heterocycles. The van der Waals surface area contributed by atoms with Gasteiger partial charge in [0.05, 0.1) is 19.1 Å². The van der Waals surface area contributed by atoms with E-state index in [1.165, 1.54) is 13.0 Å². The van der Waals surface area contributed by atoms with Gasteiger partial charge in [0.1, 0.15) is 0 Å². The predicted molar refractivity (Wildman–Crippen MR) is 24.3 cm³/mol. The van der Waals surface area contributed by atoms with Gasteiger partial charge in [0.15, 0.2) is 0 Å². The largest absolute Gasteiger partial charge is 0.345 e. The Bertz CT molecular complexity index is 38.8. The van der Waals surface area contributed by atoms with Gasteiger partial charge >= 0.3 is 0 Å². The fraction of sp³-hybridized carbons (Fsp3) is 1.00. The Balaban J connectivity index is 2.18. The van der Waals surface area contributed by atoms with Crippen LogP contribution in [0.5, 0.6) is 0 Å². The van der Waals surface area contributed by atoms with E-state index >= 15 is 0 Å². The number of quaternary nitrogens is 1. The molecule has 1 rings (SSSR count). The Hall–Kier alpha value is -0.0800. The van der Waals surface area contributed by atoms with Crippen molar-refractivity contribution in [3.8, 4) is 0 Å². The summed E-state index contributed by atoms with van der Waals surface area (Å²) >= 11 is 0. The molecule has 2 nitrogen and oxygen atoms in total. The van der Waals surface area contributed by atoms with Crippen molar-refractivity contribution in [2.75, 3.05) is 13.1 Å². The highest BCUT2D eigenvalue weighted by Crippen LogP contribution is 1.82. The monoisotopic (exact) mass is 87.1 g/mol. The number of nitrogens with two attached hydrogens (primary N) is 2. The number of hydrogen-bond acceptors (Lipinski definition) is 1. The molecule has 0 bridgehead atoms. The molecule has 1 fully saturated rings. The molecule has 0 amide bonds. The second kappa shape index (κ2) is 1.58. The Kier molecular flexibility index (Phi) is 1.08. The van der Waals surface area contributed by atoms with Crippen molar-refractivity contribution in [1.82, 2.24) is 0 Å². The second-order valence-corrected chi connectivity index (χ2v) is 1.86. The van der Waals surface area contributed by atoms with E-state index in [1.807, 2.05) is 0 Å². The molecule has 1 saturated heterocycles. The van der Waals surface area contributed by atoms with Crippen molar-refractivity contribution in [2.45, 2.75) is 12.5 Å². The average molecular weight is 87.1 g/mol. The third-order valence-electron chi connectivity index (χ3n) is 1.21. The highest BCUT2D eigenvalue weighted by atomic mass is 14.9. The van der Waals surface area contributed by atoms with Gasteiger partial charge in [-0.15, -0.1) is 0 Å². The first kappa shape index (κ1) is 4.09. The summed E-state index contributed by atoms with van der Waals surface area (Å²) in [5.74, 6) is 0. The van der Waals surface area contributed by atoms with Crippen molar-refractivity contribution in [3.05, 3.63) is 0 Å². The van der Waals surface area contributed by atoms with Gasteiger partial charge in [-0.05, 0) is 0 Å². The first-order chi connectivity index (χ1) is 2.89. The molecule has 0 unspecified atom stereocenters. The maximum atomic E-state index is 5.50. The molecule has 1 atom stereocenters. The van der Waals surface area contributed by atoms with Gasteiger partial charge in [-0.2, -0.15) is 0 Å². The van der Waals surface area contributed by atoms with E-state index in [2.05, 4.69) is 5.32 Å². The van der Waals surface area contributed by atoms with E-state index in [4.69, 9.17) is 5.73 Å². The van der Waals surface area contributed by atoms with Crippen LogP contribution in [-0.2, 0) is 0 Å². The van der Waals surface area contributed by atoms with E-state index in [0.29, 0.717) is 6.04 Å². The van der Waals surface area contributed by atoms with Gasteiger partial charge in [0.25, 0.3) is 0 Å². The fourth-order valence-corrected chi connectivity index (χ4v) is 0.782. The molecule has 0 aromatic carbocycles. The summed E-state index contributed by atoms with van der Waals surface area (Å²) in [5, 5.41) is 2.25. The quantitative estimate of drug-likeness (QED) is 0.362. The summed E-state index contributed by atoms with van der Waals surface area (Å²) in [6.07, 6.45) is 1.21. The average Bonchev–Trinajstić information content (AvgIpc) is 1.86. The lowest BCUT2D eigenvalue weighted by atomic mass is 10.3. The fourth-order valence-electron chi connectivity index (χ4n) is 0.782. The maximum Gasteiger partial charge on any atom is 0.0911 e. The zero-order chi connectivity index (χ0) is 4.41. The minimum atomic E-state index is 0.491. The SMILES string of the molecule is N[C@@H]1CC[NH2+]C1. The summed E-state index contributed by atoms with van der Waals surface area (Å²) in [4.78, 5) is 0. The van der Waals surface area contributed by atoms with Gasteiger partial charge < -0.3 is 11.1 Å².